The summed E-state index contributed by atoms with van der Waals surface area (Å²) in [5.41, 5.74) is 0. The van der Waals surface area contributed by atoms with E-state index in [1.165, 1.54) is 0 Å². The molecule has 2 N–H and O–H groups in total. The van der Waals surface area contributed by atoms with E-state index < -0.39 is 0 Å². The SMILES string of the molecule is CCCOC(=O)CCCCCNC(=O)CCCCCNC(=O)OCC. The van der Waals surface area contributed by atoms with Crippen molar-refractivity contribution in [3.63, 3.8) is 0 Å². The molecule has 0 saturated carbocycles. The molecule has 0 radical (unpaired) electrons. The first-order chi connectivity index (χ1) is 12.1. The van der Waals surface area contributed by atoms with Crippen LogP contribution in [0.5, 0.6) is 0 Å². The molecule has 146 valence electrons. The van der Waals surface area contributed by atoms with Crippen LogP contribution in [0, 0.1) is 0 Å². The number of carbonyl (C=O) groups excluding carboxylic acids is 3. The number of ether oxygens (including phenoxy) is 2. The maximum Gasteiger partial charge on any atom is 0.407 e. The molecule has 0 aliphatic rings. The topological polar surface area (TPSA) is 93.7 Å². The van der Waals surface area contributed by atoms with Gasteiger partial charge in [0.1, 0.15) is 0 Å². The van der Waals surface area contributed by atoms with Crippen molar-refractivity contribution in [2.24, 2.45) is 0 Å². The highest BCUT2D eigenvalue weighted by Gasteiger charge is 2.03. The lowest BCUT2D eigenvalue weighted by Crippen LogP contribution is -2.25. The van der Waals surface area contributed by atoms with Gasteiger partial charge in [0.05, 0.1) is 13.2 Å². The van der Waals surface area contributed by atoms with Crippen molar-refractivity contribution in [3.05, 3.63) is 0 Å². The molecule has 0 unspecified atom stereocenters. The lowest BCUT2D eigenvalue weighted by molar-refractivity contribution is -0.143. The number of unbranched alkanes of at least 4 members (excludes halogenated alkanes) is 4. The predicted octanol–water partition coefficient (Wildman–Crippen LogP) is 2.92. The van der Waals surface area contributed by atoms with E-state index in [1.54, 1.807) is 6.92 Å². The van der Waals surface area contributed by atoms with Crippen LogP contribution in [0.4, 0.5) is 4.79 Å². The molecular weight excluding hydrogens is 324 g/mol. The molecule has 7 nitrogen and oxygen atoms in total. The number of nitrogens with one attached hydrogen (secondary N) is 2. The van der Waals surface area contributed by atoms with Gasteiger partial charge >= 0.3 is 12.1 Å². The Hall–Kier alpha value is -1.79. The normalized spacial score (nSPS) is 10.2. The number of hydrogen-bond acceptors (Lipinski definition) is 5. The van der Waals surface area contributed by atoms with E-state index in [4.69, 9.17) is 9.47 Å². The molecule has 0 aromatic heterocycles. The van der Waals surface area contributed by atoms with Crippen molar-refractivity contribution in [2.45, 2.75) is 71.6 Å². The van der Waals surface area contributed by atoms with Crippen LogP contribution in [0.15, 0.2) is 0 Å². The molecule has 0 aromatic rings. The van der Waals surface area contributed by atoms with E-state index in [2.05, 4.69) is 10.6 Å². The smallest absolute Gasteiger partial charge is 0.407 e. The summed E-state index contributed by atoms with van der Waals surface area (Å²) in [7, 11) is 0. The van der Waals surface area contributed by atoms with Gasteiger partial charge < -0.3 is 20.1 Å². The molecule has 0 atom stereocenters. The maximum absolute atomic E-state index is 11.7. The monoisotopic (exact) mass is 358 g/mol. The molecule has 0 fully saturated rings. The van der Waals surface area contributed by atoms with Gasteiger partial charge in [0.25, 0.3) is 0 Å². The first-order valence-electron chi connectivity index (χ1n) is 9.43. The highest BCUT2D eigenvalue weighted by Crippen LogP contribution is 2.02. The van der Waals surface area contributed by atoms with Crippen LogP contribution in [0.2, 0.25) is 0 Å². The summed E-state index contributed by atoms with van der Waals surface area (Å²) in [4.78, 5) is 34.0. The minimum absolute atomic E-state index is 0.0562. The zero-order valence-electron chi connectivity index (χ0n) is 15.7. The van der Waals surface area contributed by atoms with E-state index >= 15 is 0 Å². The third-order valence-electron chi connectivity index (χ3n) is 3.47. The van der Waals surface area contributed by atoms with Gasteiger partial charge in [-0.2, -0.15) is 0 Å². The maximum atomic E-state index is 11.7. The Bertz CT molecular complexity index is 374. The van der Waals surface area contributed by atoms with Gasteiger partial charge in [-0.15, -0.1) is 0 Å². The number of amides is 2. The Morgan fingerprint density at radius 1 is 0.760 bits per heavy atom. The molecule has 0 aromatic carbocycles. The van der Waals surface area contributed by atoms with Crippen LogP contribution in [0.25, 0.3) is 0 Å². The summed E-state index contributed by atoms with van der Waals surface area (Å²) in [6.45, 7) is 5.81. The highest BCUT2D eigenvalue weighted by molar-refractivity contribution is 5.75. The number of carbonyl (C=O) groups is 3. The summed E-state index contributed by atoms with van der Waals surface area (Å²) >= 11 is 0. The summed E-state index contributed by atoms with van der Waals surface area (Å²) in [6, 6.07) is 0. The zero-order chi connectivity index (χ0) is 18.8. The van der Waals surface area contributed by atoms with Crippen LogP contribution in [0.3, 0.4) is 0 Å². The molecule has 0 heterocycles. The van der Waals surface area contributed by atoms with E-state index in [1.807, 2.05) is 6.92 Å². The second-order valence-corrected chi connectivity index (χ2v) is 5.84. The zero-order valence-corrected chi connectivity index (χ0v) is 15.7. The molecule has 25 heavy (non-hydrogen) atoms. The van der Waals surface area contributed by atoms with E-state index in [-0.39, 0.29) is 18.0 Å². The Morgan fingerprint density at radius 2 is 1.40 bits per heavy atom. The third-order valence-corrected chi connectivity index (χ3v) is 3.47. The van der Waals surface area contributed by atoms with E-state index in [0.717, 1.165) is 44.9 Å². The number of hydrogen-bond donors (Lipinski definition) is 2. The second kappa shape index (κ2) is 17.0. The van der Waals surface area contributed by atoms with Crippen molar-refractivity contribution in [1.82, 2.24) is 10.6 Å². The molecule has 0 spiro atoms. The summed E-state index contributed by atoms with van der Waals surface area (Å²) in [5.74, 6) is -0.0796. The summed E-state index contributed by atoms with van der Waals surface area (Å²) in [6.07, 6.45) is 6.51. The quantitative estimate of drug-likeness (QED) is 0.347. The van der Waals surface area contributed by atoms with Crippen LogP contribution >= 0.6 is 0 Å². The average Bonchev–Trinajstić information content (AvgIpc) is 2.59. The van der Waals surface area contributed by atoms with E-state index in [0.29, 0.717) is 39.1 Å². The van der Waals surface area contributed by atoms with Gasteiger partial charge in [-0.1, -0.05) is 19.8 Å². The van der Waals surface area contributed by atoms with Gasteiger partial charge in [-0.3, -0.25) is 9.59 Å². The minimum atomic E-state index is -0.390. The summed E-state index contributed by atoms with van der Waals surface area (Å²) in [5, 5.41) is 5.54. The number of rotatable bonds is 15. The lowest BCUT2D eigenvalue weighted by atomic mass is 10.1. The first-order valence-corrected chi connectivity index (χ1v) is 9.43. The molecule has 0 bridgehead atoms. The van der Waals surface area contributed by atoms with Crippen molar-refractivity contribution in [1.29, 1.82) is 0 Å². The molecule has 0 aliphatic carbocycles. The third kappa shape index (κ3) is 16.8. The molecule has 7 heteroatoms. The highest BCUT2D eigenvalue weighted by atomic mass is 16.5. The van der Waals surface area contributed by atoms with Gasteiger partial charge in [0.2, 0.25) is 5.91 Å². The molecule has 0 aliphatic heterocycles. The van der Waals surface area contributed by atoms with Crippen LogP contribution in [0.1, 0.15) is 71.6 Å². The molecule has 0 saturated heterocycles. The number of esters is 1. The minimum Gasteiger partial charge on any atom is -0.466 e. The molecule has 0 rings (SSSR count). The fourth-order valence-electron chi connectivity index (χ4n) is 2.14. The largest absolute Gasteiger partial charge is 0.466 e. The van der Waals surface area contributed by atoms with Crippen molar-refractivity contribution in [3.8, 4) is 0 Å². The Kier molecular flexibility index (Phi) is 15.8. The van der Waals surface area contributed by atoms with Crippen molar-refractivity contribution in [2.75, 3.05) is 26.3 Å². The second-order valence-electron chi connectivity index (χ2n) is 5.84. The van der Waals surface area contributed by atoms with Crippen molar-refractivity contribution < 1.29 is 23.9 Å². The average molecular weight is 358 g/mol. The Morgan fingerprint density at radius 3 is 2.04 bits per heavy atom. The standard InChI is InChI=1S/C18H34N2O5/c1-3-15-25-17(22)12-8-6-9-13-19-16(21)11-7-5-10-14-20-18(23)24-4-2/h3-15H2,1-2H3,(H,19,21)(H,20,23). The Labute approximate surface area is 151 Å². The molecule has 2 amide bonds. The lowest BCUT2D eigenvalue weighted by Gasteiger charge is -2.06. The van der Waals surface area contributed by atoms with Gasteiger partial charge in [0, 0.05) is 25.9 Å². The Balaban J connectivity index is 3.33. The summed E-state index contributed by atoms with van der Waals surface area (Å²) < 4.78 is 9.74. The van der Waals surface area contributed by atoms with Gasteiger partial charge in [0.15, 0.2) is 0 Å². The van der Waals surface area contributed by atoms with Gasteiger partial charge in [-0.25, -0.2) is 4.79 Å². The van der Waals surface area contributed by atoms with Crippen LogP contribution < -0.4 is 10.6 Å². The van der Waals surface area contributed by atoms with Crippen LogP contribution in [-0.4, -0.2) is 44.3 Å². The fraction of sp³-hybridized carbons (Fsp3) is 0.833. The van der Waals surface area contributed by atoms with Crippen molar-refractivity contribution >= 4 is 18.0 Å². The number of alkyl carbamates (subject to hydrolysis) is 1. The first kappa shape index (κ1) is 23.2. The van der Waals surface area contributed by atoms with Crippen LogP contribution in [-0.2, 0) is 19.1 Å². The predicted molar refractivity (Wildman–Crippen MR) is 96.2 cm³/mol. The van der Waals surface area contributed by atoms with E-state index in [9.17, 15) is 14.4 Å². The fourth-order valence-corrected chi connectivity index (χ4v) is 2.14. The molecular formula is C18H34N2O5. The van der Waals surface area contributed by atoms with Gasteiger partial charge in [-0.05, 0) is 39.0 Å².